The summed E-state index contributed by atoms with van der Waals surface area (Å²) in [6.07, 6.45) is 0. The topological polar surface area (TPSA) is 48.9 Å². The van der Waals surface area contributed by atoms with Crippen LogP contribution in [0, 0.1) is 11.8 Å². The predicted octanol–water partition coefficient (Wildman–Crippen LogP) is 0.975. The number of aryl methyl sites for hydroxylation is 2. The van der Waals surface area contributed by atoms with E-state index in [4.69, 9.17) is 0 Å². The zero-order valence-electron chi connectivity index (χ0n) is 12.6. The summed E-state index contributed by atoms with van der Waals surface area (Å²) >= 11 is 0. The van der Waals surface area contributed by atoms with Crippen LogP contribution in [-0.4, -0.2) is 13.7 Å². The molecule has 0 spiro atoms. The highest BCUT2D eigenvalue weighted by Crippen LogP contribution is 2.12. The van der Waals surface area contributed by atoms with Gasteiger partial charge in [-0.05, 0) is 24.1 Å². The number of fused-ring (bicyclic) bond motifs is 1. The Hall–Kier alpha value is -3.00. The van der Waals surface area contributed by atoms with E-state index in [1.807, 2.05) is 30.3 Å². The van der Waals surface area contributed by atoms with Crippen LogP contribution < -0.4 is 11.2 Å². The van der Waals surface area contributed by atoms with Crippen molar-refractivity contribution in [2.45, 2.75) is 0 Å². The van der Waals surface area contributed by atoms with Crippen molar-refractivity contribution in [2.75, 3.05) is 0 Å². The molecule has 0 aliphatic rings. The van der Waals surface area contributed by atoms with Crippen molar-refractivity contribution in [3.8, 4) is 11.8 Å². The van der Waals surface area contributed by atoms with Crippen molar-refractivity contribution >= 4 is 11.0 Å². The van der Waals surface area contributed by atoms with Crippen LogP contribution in [0.25, 0.3) is 11.0 Å². The first-order chi connectivity index (χ1) is 10.5. The zero-order chi connectivity index (χ0) is 15.9. The Morgan fingerprint density at radius 1 is 0.864 bits per heavy atom. The molecule has 0 bridgehead atoms. The van der Waals surface area contributed by atoms with Crippen molar-refractivity contribution in [1.29, 1.82) is 0 Å². The largest absolute Gasteiger partial charge is 0.331 e. The molecule has 0 atom stereocenters. The Bertz CT molecular complexity index is 1040. The van der Waals surface area contributed by atoms with Gasteiger partial charge in [-0.15, -0.1) is 0 Å². The van der Waals surface area contributed by atoms with E-state index in [1.165, 1.54) is 11.6 Å². The third kappa shape index (κ3) is 2.06. The molecule has 3 rings (SSSR count). The van der Waals surface area contributed by atoms with Gasteiger partial charge in [0.25, 0.3) is 5.56 Å². The molecule has 3 aromatic rings. The molecule has 0 amide bonds. The maximum Gasteiger partial charge on any atom is 0.331 e. The smallest absolute Gasteiger partial charge is 0.331 e. The van der Waals surface area contributed by atoms with Crippen molar-refractivity contribution in [1.82, 2.24) is 13.7 Å². The van der Waals surface area contributed by atoms with E-state index in [1.54, 1.807) is 24.7 Å². The molecule has 22 heavy (non-hydrogen) atoms. The molecular formula is C17H15N3O2. The predicted molar refractivity (Wildman–Crippen MR) is 85.8 cm³/mol. The minimum absolute atomic E-state index is 0.312. The van der Waals surface area contributed by atoms with Crippen LogP contribution in [0.1, 0.15) is 11.3 Å². The summed E-state index contributed by atoms with van der Waals surface area (Å²) in [5.74, 6) is 6.13. The minimum Gasteiger partial charge on any atom is -0.331 e. The molecule has 2 heterocycles. The van der Waals surface area contributed by atoms with E-state index in [-0.39, 0.29) is 11.2 Å². The van der Waals surface area contributed by atoms with E-state index in [9.17, 15) is 9.59 Å². The second-order valence-corrected chi connectivity index (χ2v) is 5.14. The van der Waals surface area contributed by atoms with Gasteiger partial charge in [-0.3, -0.25) is 13.9 Å². The van der Waals surface area contributed by atoms with E-state index in [0.29, 0.717) is 16.7 Å². The normalized spacial score (nSPS) is 10.5. The summed E-state index contributed by atoms with van der Waals surface area (Å²) in [6, 6.07) is 11.4. The molecule has 0 saturated heterocycles. The monoisotopic (exact) mass is 293 g/mol. The van der Waals surface area contributed by atoms with Crippen LogP contribution in [0.2, 0.25) is 0 Å². The van der Waals surface area contributed by atoms with Crippen molar-refractivity contribution < 1.29 is 0 Å². The molecule has 1 aromatic carbocycles. The second kappa shape index (κ2) is 5.08. The maximum absolute atomic E-state index is 12.3. The van der Waals surface area contributed by atoms with E-state index in [0.717, 1.165) is 10.1 Å². The standard InChI is InChI=1S/C17H15N3O2/c1-18-13(10-9-12-7-5-4-6-8-12)11-14-15(18)16(21)20(3)17(22)19(14)2/h4-8,11H,1-3H3. The SMILES string of the molecule is Cn1c(=O)c2c(cc(C#Cc3ccccc3)n2C)n(C)c1=O. The number of hydrogen-bond acceptors (Lipinski definition) is 2. The molecule has 0 saturated carbocycles. The Balaban J connectivity index is 2.27. The van der Waals surface area contributed by atoms with Crippen LogP contribution >= 0.6 is 0 Å². The average molecular weight is 293 g/mol. The Labute approximate surface area is 127 Å². The number of benzene rings is 1. The lowest BCUT2D eigenvalue weighted by Gasteiger charge is -2.04. The van der Waals surface area contributed by atoms with Crippen molar-refractivity contribution in [3.63, 3.8) is 0 Å². The number of aromatic nitrogens is 3. The van der Waals surface area contributed by atoms with E-state index in [2.05, 4.69) is 11.8 Å². The molecule has 5 heteroatoms. The second-order valence-electron chi connectivity index (χ2n) is 5.14. The lowest BCUT2D eigenvalue weighted by Crippen LogP contribution is -2.37. The summed E-state index contributed by atoms with van der Waals surface area (Å²) < 4.78 is 4.30. The van der Waals surface area contributed by atoms with Crippen LogP contribution in [0.3, 0.4) is 0 Å². The third-order valence-electron chi connectivity index (χ3n) is 3.76. The molecule has 0 N–H and O–H groups in total. The first-order valence-corrected chi connectivity index (χ1v) is 6.83. The fourth-order valence-electron chi connectivity index (χ4n) is 2.45. The fourth-order valence-corrected chi connectivity index (χ4v) is 2.45. The average Bonchev–Trinajstić information content (AvgIpc) is 2.87. The van der Waals surface area contributed by atoms with Gasteiger partial charge >= 0.3 is 5.69 Å². The molecule has 0 radical (unpaired) electrons. The van der Waals surface area contributed by atoms with Crippen molar-refractivity contribution in [2.24, 2.45) is 21.1 Å². The van der Waals surface area contributed by atoms with Crippen LogP contribution in [0.15, 0.2) is 46.0 Å². The third-order valence-corrected chi connectivity index (χ3v) is 3.76. The summed E-state index contributed by atoms with van der Waals surface area (Å²) in [6.45, 7) is 0. The summed E-state index contributed by atoms with van der Waals surface area (Å²) in [5.41, 5.74) is 2.00. The maximum atomic E-state index is 12.3. The quantitative estimate of drug-likeness (QED) is 0.580. The number of nitrogens with zero attached hydrogens (tertiary/aromatic N) is 3. The summed E-state index contributed by atoms with van der Waals surface area (Å²) in [7, 11) is 4.91. The van der Waals surface area contributed by atoms with Gasteiger partial charge in [0.05, 0.1) is 11.2 Å². The van der Waals surface area contributed by atoms with Crippen LogP contribution in [0.4, 0.5) is 0 Å². The Kier molecular flexibility index (Phi) is 3.22. The van der Waals surface area contributed by atoms with Gasteiger partial charge in [-0.25, -0.2) is 4.79 Å². The minimum atomic E-state index is -0.342. The molecule has 5 nitrogen and oxygen atoms in total. The van der Waals surface area contributed by atoms with Gasteiger partial charge in [-0.1, -0.05) is 24.1 Å². The fraction of sp³-hybridized carbons (Fsp3) is 0.176. The summed E-state index contributed by atoms with van der Waals surface area (Å²) in [5, 5.41) is 0. The van der Waals surface area contributed by atoms with Crippen LogP contribution in [-0.2, 0) is 21.1 Å². The van der Waals surface area contributed by atoms with Crippen LogP contribution in [0.5, 0.6) is 0 Å². The first-order valence-electron chi connectivity index (χ1n) is 6.83. The van der Waals surface area contributed by atoms with Gasteiger partial charge in [-0.2, -0.15) is 0 Å². The van der Waals surface area contributed by atoms with Gasteiger partial charge in [0, 0.05) is 26.7 Å². The lowest BCUT2D eigenvalue weighted by molar-refractivity contribution is 0.708. The molecule has 110 valence electrons. The molecular weight excluding hydrogens is 278 g/mol. The zero-order valence-corrected chi connectivity index (χ0v) is 12.6. The summed E-state index contributed by atoms with van der Waals surface area (Å²) in [4.78, 5) is 24.3. The highest BCUT2D eigenvalue weighted by atomic mass is 16.2. The molecule has 0 fully saturated rings. The van der Waals surface area contributed by atoms with Gasteiger partial charge in [0.1, 0.15) is 5.52 Å². The van der Waals surface area contributed by atoms with Gasteiger partial charge in [0.15, 0.2) is 0 Å². The highest BCUT2D eigenvalue weighted by Gasteiger charge is 2.14. The molecule has 0 aliphatic heterocycles. The van der Waals surface area contributed by atoms with Gasteiger partial charge in [0.2, 0.25) is 0 Å². The van der Waals surface area contributed by atoms with Crippen molar-refractivity contribution in [3.05, 3.63) is 68.5 Å². The lowest BCUT2D eigenvalue weighted by atomic mass is 10.2. The Morgan fingerprint density at radius 2 is 1.55 bits per heavy atom. The number of rotatable bonds is 0. The van der Waals surface area contributed by atoms with E-state index >= 15 is 0 Å². The Morgan fingerprint density at radius 3 is 2.23 bits per heavy atom. The van der Waals surface area contributed by atoms with Gasteiger partial charge < -0.3 is 4.57 Å². The highest BCUT2D eigenvalue weighted by molar-refractivity contribution is 5.78. The molecule has 0 aliphatic carbocycles. The number of hydrogen-bond donors (Lipinski definition) is 0. The molecule has 0 unspecified atom stereocenters. The van der Waals surface area contributed by atoms with E-state index < -0.39 is 0 Å². The molecule has 2 aromatic heterocycles. The first kappa shape index (κ1) is 14.0.